The lowest BCUT2D eigenvalue weighted by atomic mass is 9.93. The second-order valence-corrected chi connectivity index (χ2v) is 10.0. The van der Waals surface area contributed by atoms with Crippen molar-refractivity contribution in [1.82, 2.24) is 4.90 Å². The zero-order chi connectivity index (χ0) is 24.6. The van der Waals surface area contributed by atoms with Gasteiger partial charge in [-0.3, -0.25) is 9.21 Å². The molecule has 1 heterocycles. The number of carboxylic acid groups (broad SMARTS) is 1. The molecule has 0 aromatic heterocycles. The summed E-state index contributed by atoms with van der Waals surface area (Å²) in [5.41, 5.74) is 1.02. The first-order valence-electron chi connectivity index (χ1n) is 10.3. The highest BCUT2D eigenvalue weighted by molar-refractivity contribution is 7.92. The van der Waals surface area contributed by atoms with Gasteiger partial charge in [-0.2, -0.15) is 0 Å². The summed E-state index contributed by atoms with van der Waals surface area (Å²) < 4.78 is 67.3. The molecule has 6 nitrogen and oxygen atoms in total. The van der Waals surface area contributed by atoms with Crippen LogP contribution in [0.3, 0.4) is 0 Å². The summed E-state index contributed by atoms with van der Waals surface area (Å²) in [4.78, 5) is 13.3. The van der Waals surface area contributed by atoms with Crippen molar-refractivity contribution in [2.24, 2.45) is 0 Å². The van der Waals surface area contributed by atoms with Gasteiger partial charge in [-0.1, -0.05) is 24.3 Å². The quantitative estimate of drug-likeness (QED) is 0.541. The Hall–Kier alpha value is -3.37. The second kappa shape index (κ2) is 9.11. The summed E-state index contributed by atoms with van der Waals surface area (Å²) in [6, 6.07) is 13.6. The molecule has 0 unspecified atom stereocenters. The van der Waals surface area contributed by atoms with Crippen LogP contribution < -0.4 is 4.31 Å². The van der Waals surface area contributed by atoms with Crippen molar-refractivity contribution in [3.63, 3.8) is 0 Å². The summed E-state index contributed by atoms with van der Waals surface area (Å²) in [7, 11) is -3.88. The number of hydrogen-bond acceptors (Lipinski definition) is 4. The van der Waals surface area contributed by atoms with Gasteiger partial charge in [0.25, 0.3) is 0 Å². The topological polar surface area (TPSA) is 77.9 Å². The summed E-state index contributed by atoms with van der Waals surface area (Å²) in [5, 5.41) is 9.24. The van der Waals surface area contributed by atoms with Gasteiger partial charge >= 0.3 is 5.97 Å². The Morgan fingerprint density at radius 1 is 0.912 bits per heavy atom. The first-order chi connectivity index (χ1) is 16.0. The molecule has 0 spiro atoms. The molecule has 4 rings (SSSR count). The molecule has 178 valence electrons. The predicted octanol–water partition coefficient (Wildman–Crippen LogP) is 4.04. The highest BCUT2D eigenvalue weighted by Crippen LogP contribution is 2.36. The minimum absolute atomic E-state index is 0.0790. The highest BCUT2D eigenvalue weighted by Gasteiger charge is 2.41. The minimum Gasteiger partial charge on any atom is -0.478 e. The van der Waals surface area contributed by atoms with E-state index in [-0.39, 0.29) is 24.3 Å². The maximum absolute atomic E-state index is 14.1. The fourth-order valence-electron chi connectivity index (χ4n) is 4.25. The van der Waals surface area contributed by atoms with E-state index >= 15 is 0 Å². The lowest BCUT2D eigenvalue weighted by Crippen LogP contribution is -2.61. The fraction of sp³-hybridized carbons (Fsp3) is 0.208. The highest BCUT2D eigenvalue weighted by atomic mass is 32.2. The van der Waals surface area contributed by atoms with Gasteiger partial charge in [0.2, 0.25) is 10.0 Å². The molecule has 1 aliphatic heterocycles. The summed E-state index contributed by atoms with van der Waals surface area (Å²) >= 11 is 0. The van der Waals surface area contributed by atoms with Gasteiger partial charge in [-0.25, -0.2) is 26.4 Å². The number of anilines is 1. The van der Waals surface area contributed by atoms with Gasteiger partial charge < -0.3 is 5.11 Å². The van der Waals surface area contributed by atoms with E-state index in [9.17, 15) is 31.5 Å². The average Bonchev–Trinajstić information content (AvgIpc) is 2.73. The molecule has 0 bridgehead atoms. The number of rotatable bonds is 7. The van der Waals surface area contributed by atoms with Gasteiger partial charge in [0.1, 0.15) is 17.5 Å². The minimum atomic E-state index is -3.88. The predicted molar refractivity (Wildman–Crippen MR) is 121 cm³/mol. The Labute approximate surface area is 194 Å². The number of likely N-dealkylation sites (tertiary alicyclic amines) is 1. The molecule has 0 saturated carbocycles. The molecule has 0 atom stereocenters. The summed E-state index contributed by atoms with van der Waals surface area (Å²) in [6.45, 7) is 0.455. The van der Waals surface area contributed by atoms with E-state index in [1.807, 2.05) is 4.90 Å². The zero-order valence-corrected chi connectivity index (χ0v) is 18.8. The fourth-order valence-corrected chi connectivity index (χ4v) is 5.41. The third-order valence-electron chi connectivity index (χ3n) is 5.70. The van der Waals surface area contributed by atoms with Crippen LogP contribution >= 0.6 is 0 Å². The largest absolute Gasteiger partial charge is 0.478 e. The number of benzene rings is 3. The van der Waals surface area contributed by atoms with Gasteiger partial charge in [-0.15, -0.1) is 0 Å². The van der Waals surface area contributed by atoms with E-state index in [2.05, 4.69) is 0 Å². The van der Waals surface area contributed by atoms with Crippen molar-refractivity contribution >= 4 is 21.7 Å². The van der Waals surface area contributed by atoms with Crippen LogP contribution in [-0.4, -0.2) is 49.8 Å². The molecule has 3 aromatic carbocycles. The molecule has 1 aliphatic rings. The molecule has 34 heavy (non-hydrogen) atoms. The molecular weight excluding hydrogens is 469 g/mol. The Balaban J connectivity index is 1.66. The van der Waals surface area contributed by atoms with E-state index in [4.69, 9.17) is 0 Å². The van der Waals surface area contributed by atoms with Crippen molar-refractivity contribution in [3.8, 4) is 0 Å². The van der Waals surface area contributed by atoms with Crippen LogP contribution in [0.2, 0.25) is 0 Å². The number of carbonyl (C=O) groups is 1. The molecule has 3 aromatic rings. The number of nitrogens with zero attached hydrogens (tertiary/aromatic N) is 2. The number of halogens is 3. The smallest absolute Gasteiger partial charge is 0.335 e. The Kier molecular flexibility index (Phi) is 6.37. The molecule has 1 N–H and O–H groups in total. The maximum atomic E-state index is 14.1. The summed E-state index contributed by atoms with van der Waals surface area (Å²) in [5.74, 6) is -3.06. The Morgan fingerprint density at radius 2 is 1.41 bits per heavy atom. The van der Waals surface area contributed by atoms with Crippen LogP contribution in [0.4, 0.5) is 18.9 Å². The van der Waals surface area contributed by atoms with Crippen molar-refractivity contribution in [2.75, 3.05) is 23.7 Å². The van der Waals surface area contributed by atoms with Crippen molar-refractivity contribution in [1.29, 1.82) is 0 Å². The van der Waals surface area contributed by atoms with Crippen LogP contribution in [0.15, 0.2) is 66.7 Å². The SMILES string of the molecule is CS(=O)(=O)N(c1cc(F)cc(C(=O)O)c1)C1CN(C(c2ccc(F)cc2)c2ccc(F)cc2)C1. The number of sulfonamides is 1. The molecule has 0 radical (unpaired) electrons. The lowest BCUT2D eigenvalue weighted by Gasteiger charge is -2.48. The number of hydrogen-bond donors (Lipinski definition) is 1. The van der Waals surface area contributed by atoms with E-state index in [0.29, 0.717) is 0 Å². The zero-order valence-electron chi connectivity index (χ0n) is 18.0. The van der Waals surface area contributed by atoms with E-state index in [1.54, 1.807) is 24.3 Å². The normalized spacial score (nSPS) is 14.7. The Bertz CT molecular complexity index is 1260. The van der Waals surface area contributed by atoms with Crippen LogP contribution in [0.5, 0.6) is 0 Å². The van der Waals surface area contributed by atoms with Gasteiger partial charge in [0.05, 0.1) is 29.6 Å². The number of carboxylic acids is 1. The maximum Gasteiger partial charge on any atom is 0.335 e. The summed E-state index contributed by atoms with van der Waals surface area (Å²) in [6.07, 6.45) is 0.971. The van der Waals surface area contributed by atoms with Crippen molar-refractivity contribution in [3.05, 3.63) is 101 Å². The standard InChI is InChI=1S/C24H21F3N2O4S/c1-34(32,33)29(21-11-17(24(30)31)10-20(27)12-21)22-13-28(14-22)23(15-2-6-18(25)7-3-15)16-4-8-19(26)9-5-16/h2-12,22-23H,13-14H2,1H3,(H,30,31). The van der Waals surface area contributed by atoms with E-state index < -0.39 is 45.5 Å². The Morgan fingerprint density at radius 3 is 1.85 bits per heavy atom. The van der Waals surface area contributed by atoms with E-state index in [1.165, 1.54) is 24.3 Å². The second-order valence-electron chi connectivity index (χ2n) is 8.18. The average molecular weight is 491 g/mol. The third-order valence-corrected chi connectivity index (χ3v) is 6.92. The van der Waals surface area contributed by atoms with Gasteiger partial charge in [-0.05, 0) is 53.6 Å². The monoisotopic (exact) mass is 490 g/mol. The lowest BCUT2D eigenvalue weighted by molar-refractivity contribution is 0.0696. The van der Waals surface area contributed by atoms with E-state index in [0.717, 1.165) is 39.9 Å². The van der Waals surface area contributed by atoms with Crippen LogP contribution in [0.1, 0.15) is 27.5 Å². The molecule has 10 heteroatoms. The van der Waals surface area contributed by atoms with Gasteiger partial charge in [0.15, 0.2) is 0 Å². The van der Waals surface area contributed by atoms with Crippen LogP contribution in [0, 0.1) is 17.5 Å². The van der Waals surface area contributed by atoms with Crippen LogP contribution in [-0.2, 0) is 10.0 Å². The molecule has 0 aliphatic carbocycles. The first-order valence-corrected chi connectivity index (χ1v) is 12.2. The molecule has 1 saturated heterocycles. The molecular formula is C24H21F3N2O4S. The van der Waals surface area contributed by atoms with Crippen molar-refractivity contribution < 1.29 is 31.5 Å². The number of aromatic carboxylic acids is 1. The third kappa shape index (κ3) is 4.92. The molecule has 0 amide bonds. The molecule has 1 fully saturated rings. The van der Waals surface area contributed by atoms with Gasteiger partial charge in [0, 0.05) is 13.1 Å². The first kappa shape index (κ1) is 23.8. The van der Waals surface area contributed by atoms with Crippen molar-refractivity contribution in [2.45, 2.75) is 12.1 Å². The van der Waals surface area contributed by atoms with Crippen LogP contribution in [0.25, 0.3) is 0 Å².